The van der Waals surface area contributed by atoms with Gasteiger partial charge in [0.25, 0.3) is 5.91 Å². The van der Waals surface area contributed by atoms with Crippen LogP contribution in [0.1, 0.15) is 15.9 Å². The molecule has 3 aromatic rings. The third-order valence-corrected chi connectivity index (χ3v) is 5.56. The van der Waals surface area contributed by atoms with Crippen LogP contribution >= 0.6 is 23.1 Å². The van der Waals surface area contributed by atoms with Gasteiger partial charge in [0.2, 0.25) is 11.0 Å². The van der Waals surface area contributed by atoms with E-state index in [9.17, 15) is 9.59 Å². The molecule has 0 aliphatic heterocycles. The number of methoxy groups -OCH3 is 1. The van der Waals surface area contributed by atoms with Gasteiger partial charge in [-0.05, 0) is 31.2 Å². The summed E-state index contributed by atoms with van der Waals surface area (Å²) >= 11 is 2.48. The SMILES string of the molecule is COc1cccc(NC(=O)CSc2nnc(NC(=O)c3cccc(C)c3)s2)c1. The fraction of sp³-hybridized carbons (Fsp3) is 0.158. The molecule has 9 heteroatoms. The second-order valence-electron chi connectivity index (χ2n) is 5.77. The van der Waals surface area contributed by atoms with Gasteiger partial charge in [-0.2, -0.15) is 0 Å². The van der Waals surface area contributed by atoms with E-state index in [1.807, 2.05) is 19.1 Å². The number of thioether (sulfide) groups is 1. The van der Waals surface area contributed by atoms with E-state index in [0.29, 0.717) is 26.5 Å². The van der Waals surface area contributed by atoms with E-state index in [1.54, 1.807) is 43.5 Å². The van der Waals surface area contributed by atoms with Crippen molar-refractivity contribution in [1.82, 2.24) is 10.2 Å². The van der Waals surface area contributed by atoms with Crippen LogP contribution in [0.2, 0.25) is 0 Å². The van der Waals surface area contributed by atoms with Crippen molar-refractivity contribution in [3.63, 3.8) is 0 Å². The molecule has 3 rings (SSSR count). The van der Waals surface area contributed by atoms with Gasteiger partial charge in [-0.15, -0.1) is 10.2 Å². The number of nitrogens with one attached hydrogen (secondary N) is 2. The summed E-state index contributed by atoms with van der Waals surface area (Å²) in [5.41, 5.74) is 2.22. The van der Waals surface area contributed by atoms with E-state index in [0.717, 1.165) is 5.56 Å². The summed E-state index contributed by atoms with van der Waals surface area (Å²) in [6.07, 6.45) is 0. The van der Waals surface area contributed by atoms with Crippen LogP contribution < -0.4 is 15.4 Å². The number of aryl methyl sites for hydroxylation is 1. The van der Waals surface area contributed by atoms with Gasteiger partial charge in [0, 0.05) is 17.3 Å². The van der Waals surface area contributed by atoms with Crippen LogP contribution in [-0.2, 0) is 4.79 Å². The van der Waals surface area contributed by atoms with Crippen molar-refractivity contribution in [2.75, 3.05) is 23.5 Å². The molecule has 0 aliphatic carbocycles. The topological polar surface area (TPSA) is 93.2 Å². The van der Waals surface area contributed by atoms with Gasteiger partial charge in [0.15, 0.2) is 4.34 Å². The van der Waals surface area contributed by atoms with Gasteiger partial charge >= 0.3 is 0 Å². The number of hydrogen-bond donors (Lipinski definition) is 2. The minimum atomic E-state index is -0.243. The van der Waals surface area contributed by atoms with Crippen LogP contribution in [0.4, 0.5) is 10.8 Å². The fourth-order valence-corrected chi connectivity index (χ4v) is 3.85. The molecule has 0 saturated carbocycles. The molecule has 144 valence electrons. The molecule has 2 N–H and O–H groups in total. The second kappa shape index (κ2) is 9.34. The Kier molecular flexibility index (Phi) is 6.62. The minimum absolute atomic E-state index is 0.168. The van der Waals surface area contributed by atoms with Crippen LogP contribution in [0, 0.1) is 6.92 Å². The molecule has 2 aromatic carbocycles. The zero-order valence-corrected chi connectivity index (χ0v) is 16.9. The molecular weight excluding hydrogens is 396 g/mol. The lowest BCUT2D eigenvalue weighted by molar-refractivity contribution is -0.113. The molecule has 1 aromatic heterocycles. The van der Waals surface area contributed by atoms with Gasteiger partial charge in [-0.1, -0.05) is 46.9 Å². The number of hydrogen-bond acceptors (Lipinski definition) is 7. The molecule has 0 unspecified atom stereocenters. The summed E-state index contributed by atoms with van der Waals surface area (Å²) in [4.78, 5) is 24.3. The normalized spacial score (nSPS) is 10.4. The molecule has 0 atom stereocenters. The highest BCUT2D eigenvalue weighted by Crippen LogP contribution is 2.26. The van der Waals surface area contributed by atoms with E-state index in [4.69, 9.17) is 4.74 Å². The van der Waals surface area contributed by atoms with E-state index in [2.05, 4.69) is 20.8 Å². The number of rotatable bonds is 7. The van der Waals surface area contributed by atoms with Crippen molar-refractivity contribution >= 4 is 45.7 Å². The van der Waals surface area contributed by atoms with E-state index in [1.165, 1.54) is 23.1 Å². The number of ether oxygens (including phenoxy) is 1. The largest absolute Gasteiger partial charge is 0.497 e. The summed E-state index contributed by atoms with van der Waals surface area (Å²) in [5.74, 6) is 0.437. The van der Waals surface area contributed by atoms with Crippen LogP contribution in [0.5, 0.6) is 5.75 Å². The maximum atomic E-state index is 12.2. The zero-order chi connectivity index (χ0) is 19.9. The van der Waals surface area contributed by atoms with Crippen molar-refractivity contribution in [2.45, 2.75) is 11.3 Å². The fourth-order valence-electron chi connectivity index (χ4n) is 2.30. The average molecular weight is 415 g/mol. The Morgan fingerprint density at radius 1 is 1.11 bits per heavy atom. The Morgan fingerprint density at radius 3 is 2.71 bits per heavy atom. The first-order valence-corrected chi connectivity index (χ1v) is 10.1. The van der Waals surface area contributed by atoms with Gasteiger partial charge < -0.3 is 10.1 Å². The summed E-state index contributed by atoms with van der Waals surface area (Å²) in [7, 11) is 1.57. The number of nitrogens with zero attached hydrogens (tertiary/aromatic N) is 2. The Labute approximate surface area is 170 Å². The Morgan fingerprint density at radius 2 is 1.93 bits per heavy atom. The summed E-state index contributed by atoms with van der Waals surface area (Å²) < 4.78 is 5.73. The summed E-state index contributed by atoms with van der Waals surface area (Å²) in [6, 6.07) is 14.4. The van der Waals surface area contributed by atoms with Crippen molar-refractivity contribution in [3.8, 4) is 5.75 Å². The van der Waals surface area contributed by atoms with Gasteiger partial charge in [-0.3, -0.25) is 14.9 Å². The van der Waals surface area contributed by atoms with Crippen molar-refractivity contribution in [1.29, 1.82) is 0 Å². The minimum Gasteiger partial charge on any atom is -0.497 e. The van der Waals surface area contributed by atoms with Crippen LogP contribution in [0.15, 0.2) is 52.9 Å². The molecule has 0 bridgehead atoms. The standard InChI is InChI=1S/C19H18N4O3S2/c1-12-5-3-6-13(9-12)17(25)21-18-22-23-19(28-18)27-11-16(24)20-14-7-4-8-15(10-14)26-2/h3-10H,11H2,1-2H3,(H,20,24)(H,21,22,25). The third kappa shape index (κ3) is 5.54. The molecule has 0 aliphatic rings. The molecule has 0 radical (unpaired) electrons. The van der Waals surface area contributed by atoms with Crippen LogP contribution in [-0.4, -0.2) is 34.9 Å². The van der Waals surface area contributed by atoms with E-state index >= 15 is 0 Å². The summed E-state index contributed by atoms with van der Waals surface area (Å²) in [6.45, 7) is 1.92. The highest BCUT2D eigenvalue weighted by Gasteiger charge is 2.12. The average Bonchev–Trinajstić information content (AvgIpc) is 3.14. The maximum Gasteiger partial charge on any atom is 0.257 e. The number of amides is 2. The quantitative estimate of drug-likeness (QED) is 0.451. The number of benzene rings is 2. The van der Waals surface area contributed by atoms with Crippen molar-refractivity contribution in [2.24, 2.45) is 0 Å². The number of carbonyl (C=O) groups is 2. The third-order valence-electron chi connectivity index (χ3n) is 3.59. The highest BCUT2D eigenvalue weighted by atomic mass is 32.2. The van der Waals surface area contributed by atoms with Gasteiger partial charge in [0.05, 0.1) is 12.9 Å². The maximum absolute atomic E-state index is 12.2. The molecular formula is C19H18N4O3S2. The lowest BCUT2D eigenvalue weighted by Gasteiger charge is -2.06. The molecule has 0 spiro atoms. The zero-order valence-electron chi connectivity index (χ0n) is 15.3. The molecule has 28 heavy (non-hydrogen) atoms. The van der Waals surface area contributed by atoms with Gasteiger partial charge in [-0.25, -0.2) is 0 Å². The molecule has 0 fully saturated rings. The Hall–Kier alpha value is -2.91. The first-order chi connectivity index (χ1) is 13.5. The van der Waals surface area contributed by atoms with Crippen molar-refractivity contribution < 1.29 is 14.3 Å². The van der Waals surface area contributed by atoms with Gasteiger partial charge in [0.1, 0.15) is 5.75 Å². The lowest BCUT2D eigenvalue weighted by atomic mass is 10.1. The first kappa shape index (κ1) is 19.8. The first-order valence-electron chi connectivity index (χ1n) is 8.32. The number of aromatic nitrogens is 2. The molecule has 2 amide bonds. The molecule has 7 nitrogen and oxygen atoms in total. The second-order valence-corrected chi connectivity index (χ2v) is 7.97. The van der Waals surface area contributed by atoms with Crippen LogP contribution in [0.3, 0.4) is 0 Å². The Bertz CT molecular complexity index is 991. The van der Waals surface area contributed by atoms with Crippen LogP contribution in [0.25, 0.3) is 0 Å². The van der Waals surface area contributed by atoms with Crippen molar-refractivity contribution in [3.05, 3.63) is 59.7 Å². The van der Waals surface area contributed by atoms with E-state index in [-0.39, 0.29) is 17.6 Å². The number of carbonyl (C=O) groups excluding carboxylic acids is 2. The Balaban J connectivity index is 1.51. The molecule has 0 saturated heterocycles. The number of anilines is 2. The summed E-state index contributed by atoms with van der Waals surface area (Å²) in [5, 5.41) is 13.9. The molecule has 1 heterocycles. The highest BCUT2D eigenvalue weighted by molar-refractivity contribution is 8.01. The monoisotopic (exact) mass is 414 g/mol. The predicted molar refractivity (Wildman–Crippen MR) is 111 cm³/mol. The smallest absolute Gasteiger partial charge is 0.257 e. The lowest BCUT2D eigenvalue weighted by Crippen LogP contribution is -2.13. The predicted octanol–water partition coefficient (Wildman–Crippen LogP) is 3.84. The van der Waals surface area contributed by atoms with E-state index < -0.39 is 0 Å².